The van der Waals surface area contributed by atoms with Crippen molar-refractivity contribution >= 4 is 29.9 Å². The number of likely N-dealkylation sites (tertiary alicyclic amines) is 1. The van der Waals surface area contributed by atoms with Crippen molar-refractivity contribution in [3.63, 3.8) is 0 Å². The van der Waals surface area contributed by atoms with Gasteiger partial charge >= 0.3 is 0 Å². The Morgan fingerprint density at radius 1 is 1.00 bits per heavy atom. The monoisotopic (exact) mass is 522 g/mol. The first-order valence-electron chi connectivity index (χ1n) is 10.7. The van der Waals surface area contributed by atoms with Crippen LogP contribution in [-0.4, -0.2) is 44.1 Å². The zero-order chi connectivity index (χ0) is 20.3. The molecule has 0 amide bonds. The van der Waals surface area contributed by atoms with E-state index < -0.39 is 0 Å². The van der Waals surface area contributed by atoms with E-state index in [2.05, 4.69) is 75.1 Å². The summed E-state index contributed by atoms with van der Waals surface area (Å²) < 4.78 is 5.46. The van der Waals surface area contributed by atoms with Crippen LogP contribution in [0.3, 0.4) is 0 Å². The van der Waals surface area contributed by atoms with E-state index in [0.717, 1.165) is 25.7 Å². The predicted molar refractivity (Wildman–Crippen MR) is 135 cm³/mol. The Labute approximate surface area is 198 Å². The maximum Gasteiger partial charge on any atom is 0.191 e. The second kappa shape index (κ2) is 13.6. The molecule has 2 aromatic rings. The highest BCUT2D eigenvalue weighted by Gasteiger charge is 2.23. The van der Waals surface area contributed by atoms with E-state index in [1.54, 1.807) is 0 Å². The molecule has 6 heteroatoms. The lowest BCUT2D eigenvalue weighted by Crippen LogP contribution is -2.42. The van der Waals surface area contributed by atoms with Crippen LogP contribution in [-0.2, 0) is 17.9 Å². The van der Waals surface area contributed by atoms with Gasteiger partial charge in [0.15, 0.2) is 5.96 Å². The molecule has 1 heterocycles. The van der Waals surface area contributed by atoms with Crippen LogP contribution < -0.4 is 10.6 Å². The van der Waals surface area contributed by atoms with Crippen LogP contribution in [0, 0.1) is 0 Å². The summed E-state index contributed by atoms with van der Waals surface area (Å²) in [6.07, 6.45) is 2.57. The van der Waals surface area contributed by atoms with Gasteiger partial charge in [0.05, 0.1) is 12.6 Å². The fourth-order valence-electron chi connectivity index (χ4n) is 3.76. The number of hydrogen-bond donors (Lipinski definition) is 2. The lowest BCUT2D eigenvalue weighted by Gasteiger charge is -2.29. The molecule has 164 valence electrons. The Hall–Kier alpha value is -1.64. The van der Waals surface area contributed by atoms with Gasteiger partial charge in [0.1, 0.15) is 0 Å². The third-order valence-corrected chi connectivity index (χ3v) is 5.41. The van der Waals surface area contributed by atoms with Crippen molar-refractivity contribution < 1.29 is 4.74 Å². The van der Waals surface area contributed by atoms with Gasteiger partial charge in [0.25, 0.3) is 0 Å². The molecule has 1 aliphatic rings. The SMILES string of the molecule is CCOCc1ccc(CNC(=NC)NCC(c2ccccc2)N2CCCC2)cc1.I. The van der Waals surface area contributed by atoms with Crippen LogP contribution in [0.15, 0.2) is 59.6 Å². The van der Waals surface area contributed by atoms with Crippen LogP contribution >= 0.6 is 24.0 Å². The average Bonchev–Trinajstić information content (AvgIpc) is 3.30. The number of hydrogen-bond acceptors (Lipinski definition) is 3. The molecule has 3 rings (SSSR count). The number of guanidine groups is 1. The highest BCUT2D eigenvalue weighted by Crippen LogP contribution is 2.24. The smallest absolute Gasteiger partial charge is 0.191 e. The van der Waals surface area contributed by atoms with Crippen LogP contribution in [0.25, 0.3) is 0 Å². The molecule has 2 N–H and O–H groups in total. The van der Waals surface area contributed by atoms with Crippen molar-refractivity contribution in [3.8, 4) is 0 Å². The van der Waals surface area contributed by atoms with E-state index in [1.165, 1.54) is 42.6 Å². The fraction of sp³-hybridized carbons (Fsp3) is 0.458. The fourth-order valence-corrected chi connectivity index (χ4v) is 3.76. The van der Waals surface area contributed by atoms with Gasteiger partial charge in [-0.2, -0.15) is 0 Å². The molecule has 0 radical (unpaired) electrons. The van der Waals surface area contributed by atoms with Gasteiger partial charge in [0, 0.05) is 26.7 Å². The predicted octanol–water partition coefficient (Wildman–Crippen LogP) is 4.34. The molecule has 1 aliphatic heterocycles. The Balaban J connectivity index is 0.00000320. The number of benzene rings is 2. The Kier molecular flexibility index (Phi) is 11.2. The first-order chi connectivity index (χ1) is 14.3. The lowest BCUT2D eigenvalue weighted by atomic mass is 10.1. The first kappa shape index (κ1) is 24.6. The molecule has 5 nitrogen and oxygen atoms in total. The normalized spacial score (nSPS) is 15.5. The van der Waals surface area contributed by atoms with Crippen LogP contribution in [0.1, 0.15) is 42.5 Å². The second-order valence-corrected chi connectivity index (χ2v) is 7.43. The van der Waals surface area contributed by atoms with Crippen LogP contribution in [0.5, 0.6) is 0 Å². The first-order valence-corrected chi connectivity index (χ1v) is 10.7. The quantitative estimate of drug-likeness (QED) is 0.292. The summed E-state index contributed by atoms with van der Waals surface area (Å²) in [4.78, 5) is 6.99. The largest absolute Gasteiger partial charge is 0.377 e. The zero-order valence-electron chi connectivity index (χ0n) is 18.1. The molecule has 1 unspecified atom stereocenters. The second-order valence-electron chi connectivity index (χ2n) is 7.43. The molecule has 0 spiro atoms. The van der Waals surface area contributed by atoms with Crippen molar-refractivity contribution in [2.24, 2.45) is 4.99 Å². The molecule has 1 atom stereocenters. The van der Waals surface area contributed by atoms with E-state index >= 15 is 0 Å². The lowest BCUT2D eigenvalue weighted by molar-refractivity contribution is 0.134. The molecule has 1 saturated heterocycles. The maximum atomic E-state index is 5.46. The summed E-state index contributed by atoms with van der Waals surface area (Å²) in [5.41, 5.74) is 3.80. The average molecular weight is 522 g/mol. The summed E-state index contributed by atoms with van der Waals surface area (Å²) in [5, 5.41) is 6.97. The van der Waals surface area contributed by atoms with Crippen LogP contribution in [0.2, 0.25) is 0 Å². The van der Waals surface area contributed by atoms with Gasteiger partial charge in [-0.3, -0.25) is 9.89 Å². The Morgan fingerprint density at radius 3 is 2.30 bits per heavy atom. The van der Waals surface area contributed by atoms with Crippen molar-refractivity contribution in [3.05, 3.63) is 71.3 Å². The highest BCUT2D eigenvalue weighted by atomic mass is 127. The molecular formula is C24H35IN4O. The number of aliphatic imine (C=N–C) groups is 1. The molecule has 0 aromatic heterocycles. The summed E-state index contributed by atoms with van der Waals surface area (Å²) in [6, 6.07) is 19.7. The highest BCUT2D eigenvalue weighted by molar-refractivity contribution is 14.0. The van der Waals surface area contributed by atoms with Crippen molar-refractivity contribution in [1.29, 1.82) is 0 Å². The summed E-state index contributed by atoms with van der Waals surface area (Å²) in [5.74, 6) is 0.837. The van der Waals surface area contributed by atoms with Crippen molar-refractivity contribution in [2.45, 2.75) is 39.0 Å². The standard InChI is InChI=1S/C24H34N4O.HI/c1-3-29-19-21-13-11-20(12-14-21)17-26-24(25-2)27-18-23(28-15-7-8-16-28)22-9-5-4-6-10-22;/h4-6,9-14,23H,3,7-8,15-19H2,1-2H3,(H2,25,26,27);1H. The minimum Gasteiger partial charge on any atom is -0.377 e. The summed E-state index contributed by atoms with van der Waals surface area (Å²) in [7, 11) is 1.83. The van der Waals surface area contributed by atoms with E-state index in [9.17, 15) is 0 Å². The molecule has 0 aliphatic carbocycles. The molecule has 30 heavy (non-hydrogen) atoms. The number of halogens is 1. The van der Waals surface area contributed by atoms with E-state index in [4.69, 9.17) is 4.74 Å². The van der Waals surface area contributed by atoms with Crippen molar-refractivity contribution in [2.75, 3.05) is 33.3 Å². The Bertz CT molecular complexity index is 746. The number of ether oxygens (including phenoxy) is 1. The molecule has 1 fully saturated rings. The summed E-state index contributed by atoms with van der Waals surface area (Å²) >= 11 is 0. The van der Waals surface area contributed by atoms with Crippen molar-refractivity contribution in [1.82, 2.24) is 15.5 Å². The summed E-state index contributed by atoms with van der Waals surface area (Å²) in [6.45, 7) is 7.36. The van der Waals surface area contributed by atoms with Crippen LogP contribution in [0.4, 0.5) is 0 Å². The van der Waals surface area contributed by atoms with Gasteiger partial charge in [0.2, 0.25) is 0 Å². The zero-order valence-corrected chi connectivity index (χ0v) is 20.5. The third kappa shape index (κ3) is 7.56. The Morgan fingerprint density at radius 2 is 1.67 bits per heavy atom. The number of nitrogens with one attached hydrogen (secondary N) is 2. The maximum absolute atomic E-state index is 5.46. The van der Waals surface area contributed by atoms with E-state index in [0.29, 0.717) is 12.6 Å². The van der Waals surface area contributed by atoms with Gasteiger partial charge in [-0.25, -0.2) is 0 Å². The number of rotatable bonds is 9. The van der Waals surface area contributed by atoms with Gasteiger partial charge in [-0.1, -0.05) is 54.6 Å². The van der Waals surface area contributed by atoms with E-state index in [-0.39, 0.29) is 24.0 Å². The third-order valence-electron chi connectivity index (χ3n) is 5.41. The molecular weight excluding hydrogens is 487 g/mol. The van der Waals surface area contributed by atoms with E-state index in [1.807, 2.05) is 14.0 Å². The molecule has 2 aromatic carbocycles. The van der Waals surface area contributed by atoms with Gasteiger partial charge in [-0.15, -0.1) is 24.0 Å². The molecule has 0 bridgehead atoms. The topological polar surface area (TPSA) is 48.9 Å². The molecule has 0 saturated carbocycles. The number of nitrogens with zero attached hydrogens (tertiary/aromatic N) is 2. The van der Waals surface area contributed by atoms with Gasteiger partial charge < -0.3 is 15.4 Å². The van der Waals surface area contributed by atoms with Gasteiger partial charge in [-0.05, 0) is 49.5 Å². The minimum atomic E-state index is 0. The minimum absolute atomic E-state index is 0.